The van der Waals surface area contributed by atoms with Gasteiger partial charge in [0.05, 0.1) is 42.1 Å². The standard InChI is InChI=1S/C40H47N7O5/c1-23(2)34(45-38(49)51-6)37(48)46-17-7-9-32(46)35-41-22-31(44-35)28-14-13-24-19-25(11-12-26(24)20-28)27-15-16-29-30(21-27)43-36(42-29)33-10-8-18-47(33)39(50)52-40(3,4)5/h11-16,19-23,32-34H,7-10,17-18H2,1-6H3,(H,41,44)(H,42,43)(H,45,49)/t32-,33?,34-/m0/s1. The van der Waals surface area contributed by atoms with Gasteiger partial charge in [-0.2, -0.15) is 0 Å². The van der Waals surface area contributed by atoms with Crippen LogP contribution in [0.25, 0.3) is 44.2 Å². The predicted molar refractivity (Wildman–Crippen MR) is 199 cm³/mol. The monoisotopic (exact) mass is 705 g/mol. The number of hydrogen-bond acceptors (Lipinski definition) is 7. The number of likely N-dealkylation sites (tertiary alicyclic amines) is 2. The number of methoxy groups -OCH3 is 1. The van der Waals surface area contributed by atoms with Crippen molar-refractivity contribution in [1.82, 2.24) is 35.1 Å². The molecule has 7 rings (SSSR count). The molecule has 2 fully saturated rings. The number of fused-ring (bicyclic) bond motifs is 2. The first-order valence-corrected chi connectivity index (χ1v) is 18.1. The van der Waals surface area contributed by atoms with Crippen molar-refractivity contribution in [2.24, 2.45) is 5.92 Å². The molecule has 5 aromatic rings. The summed E-state index contributed by atoms with van der Waals surface area (Å²) in [6.45, 7) is 10.7. The molecule has 4 heterocycles. The van der Waals surface area contributed by atoms with Crippen LogP contribution in [0.15, 0.2) is 60.8 Å². The molecule has 2 aliphatic rings. The lowest BCUT2D eigenvalue weighted by Gasteiger charge is -2.30. The van der Waals surface area contributed by atoms with Crippen molar-refractivity contribution in [2.45, 2.75) is 84.0 Å². The van der Waals surface area contributed by atoms with Crippen LogP contribution in [0.1, 0.15) is 84.0 Å². The number of alkyl carbamates (subject to hydrolysis) is 1. The van der Waals surface area contributed by atoms with E-state index in [4.69, 9.17) is 19.4 Å². The number of benzene rings is 3. The van der Waals surface area contributed by atoms with Crippen molar-refractivity contribution < 1.29 is 23.9 Å². The SMILES string of the molecule is COC(=O)N[C@H](C(=O)N1CCC[C@H]1c1ncc(-c2ccc3cc(-c4ccc5nc(C6CCCN6C(=O)OC(C)(C)C)[nH]c5c4)ccc3c2)[nH]1)C(C)C. The molecule has 52 heavy (non-hydrogen) atoms. The van der Waals surface area contributed by atoms with Crippen LogP contribution in [0, 0.1) is 5.92 Å². The van der Waals surface area contributed by atoms with Gasteiger partial charge in [0.1, 0.15) is 23.3 Å². The third-order valence-electron chi connectivity index (χ3n) is 10.0. The highest BCUT2D eigenvalue weighted by Gasteiger charge is 2.38. The van der Waals surface area contributed by atoms with Crippen LogP contribution in [-0.4, -0.2) is 79.7 Å². The Labute approximate surface area is 303 Å². The number of imidazole rings is 2. The Morgan fingerprint density at radius 1 is 0.846 bits per heavy atom. The number of nitrogens with zero attached hydrogens (tertiary/aromatic N) is 4. The van der Waals surface area contributed by atoms with Crippen LogP contribution in [0.4, 0.5) is 9.59 Å². The van der Waals surface area contributed by atoms with Crippen LogP contribution < -0.4 is 5.32 Å². The number of aromatic amines is 2. The fourth-order valence-corrected chi connectivity index (χ4v) is 7.40. The summed E-state index contributed by atoms with van der Waals surface area (Å²) < 4.78 is 10.4. The van der Waals surface area contributed by atoms with E-state index in [1.54, 1.807) is 4.90 Å². The van der Waals surface area contributed by atoms with Gasteiger partial charge in [-0.1, -0.05) is 44.2 Å². The smallest absolute Gasteiger partial charge is 0.410 e. The van der Waals surface area contributed by atoms with Gasteiger partial charge in [0.25, 0.3) is 0 Å². The zero-order valence-electron chi connectivity index (χ0n) is 30.7. The Hall–Kier alpha value is -5.39. The van der Waals surface area contributed by atoms with E-state index in [9.17, 15) is 14.4 Å². The van der Waals surface area contributed by atoms with Gasteiger partial charge < -0.3 is 29.7 Å². The van der Waals surface area contributed by atoms with Gasteiger partial charge in [-0.3, -0.25) is 9.69 Å². The second kappa shape index (κ2) is 14.0. The number of hydrogen-bond donors (Lipinski definition) is 3. The first-order valence-electron chi connectivity index (χ1n) is 18.1. The molecule has 3 atom stereocenters. The van der Waals surface area contributed by atoms with E-state index < -0.39 is 17.7 Å². The quantitative estimate of drug-likeness (QED) is 0.156. The molecule has 0 saturated carbocycles. The Morgan fingerprint density at radius 2 is 1.48 bits per heavy atom. The molecule has 2 saturated heterocycles. The van der Waals surface area contributed by atoms with Crippen LogP contribution in [0.2, 0.25) is 0 Å². The zero-order valence-corrected chi connectivity index (χ0v) is 30.7. The minimum absolute atomic E-state index is 0.0975. The number of nitrogens with one attached hydrogen (secondary N) is 3. The summed E-state index contributed by atoms with van der Waals surface area (Å²) >= 11 is 0. The number of carbonyl (C=O) groups excluding carboxylic acids is 3. The van der Waals surface area contributed by atoms with Gasteiger partial charge in [-0.05, 0) is 98.5 Å². The number of rotatable bonds is 7. The highest BCUT2D eigenvalue weighted by molar-refractivity contribution is 5.92. The summed E-state index contributed by atoms with van der Waals surface area (Å²) in [6.07, 6.45) is 4.30. The van der Waals surface area contributed by atoms with E-state index in [2.05, 4.69) is 63.8 Å². The molecule has 2 aliphatic heterocycles. The second-order valence-corrected chi connectivity index (χ2v) is 15.2. The number of amides is 3. The predicted octanol–water partition coefficient (Wildman–Crippen LogP) is 7.89. The maximum Gasteiger partial charge on any atom is 0.410 e. The van der Waals surface area contributed by atoms with Gasteiger partial charge in [-0.15, -0.1) is 0 Å². The van der Waals surface area contributed by atoms with Gasteiger partial charge in [0.15, 0.2) is 0 Å². The second-order valence-electron chi connectivity index (χ2n) is 15.2. The average Bonchev–Trinajstić information content (AvgIpc) is 3.94. The maximum absolute atomic E-state index is 13.6. The molecule has 0 radical (unpaired) electrons. The van der Waals surface area contributed by atoms with E-state index >= 15 is 0 Å². The molecule has 12 nitrogen and oxygen atoms in total. The van der Waals surface area contributed by atoms with Gasteiger partial charge in [0.2, 0.25) is 5.91 Å². The molecule has 12 heteroatoms. The summed E-state index contributed by atoms with van der Waals surface area (Å²) in [7, 11) is 1.30. The molecule has 3 amide bonds. The Bertz CT molecular complexity index is 2130. The lowest BCUT2D eigenvalue weighted by atomic mass is 9.99. The van der Waals surface area contributed by atoms with E-state index in [0.717, 1.165) is 81.5 Å². The van der Waals surface area contributed by atoms with Crippen LogP contribution in [0.3, 0.4) is 0 Å². The van der Waals surface area contributed by atoms with Gasteiger partial charge in [-0.25, -0.2) is 19.6 Å². The van der Waals surface area contributed by atoms with Crippen molar-refractivity contribution >= 4 is 39.9 Å². The van der Waals surface area contributed by atoms with E-state index in [0.29, 0.717) is 13.1 Å². The molecular formula is C40H47N7O5. The normalized spacial score (nSPS) is 18.4. The topological polar surface area (TPSA) is 146 Å². The molecule has 3 aromatic carbocycles. The number of H-pyrrole nitrogens is 2. The highest BCUT2D eigenvalue weighted by Crippen LogP contribution is 2.36. The zero-order chi connectivity index (χ0) is 36.7. The van der Waals surface area contributed by atoms with E-state index in [-0.39, 0.29) is 30.0 Å². The van der Waals surface area contributed by atoms with Crippen LogP contribution in [-0.2, 0) is 14.3 Å². The third-order valence-corrected chi connectivity index (χ3v) is 10.0. The minimum atomic E-state index is -0.680. The molecule has 272 valence electrons. The first kappa shape index (κ1) is 35.0. The molecule has 2 aromatic heterocycles. The van der Waals surface area contributed by atoms with Gasteiger partial charge in [0, 0.05) is 18.7 Å². The van der Waals surface area contributed by atoms with Crippen LogP contribution in [0.5, 0.6) is 0 Å². The fourth-order valence-electron chi connectivity index (χ4n) is 7.40. The molecule has 0 aliphatic carbocycles. The van der Waals surface area contributed by atoms with Gasteiger partial charge >= 0.3 is 12.2 Å². The summed E-state index contributed by atoms with van der Waals surface area (Å²) in [5, 5.41) is 4.91. The fraction of sp³-hybridized carbons (Fsp3) is 0.425. The third kappa shape index (κ3) is 7.06. The summed E-state index contributed by atoms with van der Waals surface area (Å²) in [4.78, 5) is 58.6. The highest BCUT2D eigenvalue weighted by atomic mass is 16.6. The van der Waals surface area contributed by atoms with E-state index in [1.807, 2.05) is 51.8 Å². The molecular weight excluding hydrogens is 658 g/mol. The van der Waals surface area contributed by atoms with Crippen molar-refractivity contribution in [3.8, 4) is 22.4 Å². The van der Waals surface area contributed by atoms with Crippen molar-refractivity contribution in [3.63, 3.8) is 0 Å². The molecule has 0 spiro atoms. The maximum atomic E-state index is 13.6. The molecule has 0 bridgehead atoms. The van der Waals surface area contributed by atoms with Crippen molar-refractivity contribution in [3.05, 3.63) is 72.4 Å². The average molecular weight is 706 g/mol. The lowest BCUT2D eigenvalue weighted by Crippen LogP contribution is -2.51. The van der Waals surface area contributed by atoms with Crippen molar-refractivity contribution in [2.75, 3.05) is 20.2 Å². The summed E-state index contributed by atoms with van der Waals surface area (Å²) in [5.74, 6) is 1.29. The Kier molecular flexibility index (Phi) is 9.41. The van der Waals surface area contributed by atoms with E-state index in [1.165, 1.54) is 7.11 Å². The first-order chi connectivity index (χ1) is 24.9. The number of ether oxygens (including phenoxy) is 2. The number of carbonyl (C=O) groups is 3. The Balaban J connectivity index is 1.08. The number of aromatic nitrogens is 4. The van der Waals surface area contributed by atoms with Crippen LogP contribution >= 0.6 is 0 Å². The summed E-state index contributed by atoms with van der Waals surface area (Å²) in [5.41, 5.74) is 5.27. The van der Waals surface area contributed by atoms with Crippen molar-refractivity contribution in [1.29, 1.82) is 0 Å². The Morgan fingerprint density at radius 3 is 2.17 bits per heavy atom. The molecule has 3 N–H and O–H groups in total. The lowest BCUT2D eigenvalue weighted by molar-refractivity contribution is -0.135. The molecule has 1 unspecified atom stereocenters. The minimum Gasteiger partial charge on any atom is -0.453 e. The summed E-state index contributed by atoms with van der Waals surface area (Å²) in [6, 6.07) is 18.0. The largest absolute Gasteiger partial charge is 0.453 e.